The van der Waals surface area contributed by atoms with Gasteiger partial charge < -0.3 is 19.9 Å². The standard InChI is InChI=1S/C12H18BrNO3/c1-16-7-9(15)6-14-12-5-3-4-11(13)10(12)8-17-2/h3-5,9,14-15H,6-8H2,1-2H3. The molecule has 4 nitrogen and oxygen atoms in total. The maximum absolute atomic E-state index is 9.57. The molecule has 0 bridgehead atoms. The largest absolute Gasteiger partial charge is 0.389 e. The average Bonchev–Trinajstić information content (AvgIpc) is 2.30. The van der Waals surface area contributed by atoms with E-state index >= 15 is 0 Å². The van der Waals surface area contributed by atoms with Crippen molar-refractivity contribution in [2.45, 2.75) is 12.7 Å². The van der Waals surface area contributed by atoms with Crippen LogP contribution in [0.3, 0.4) is 0 Å². The van der Waals surface area contributed by atoms with Crippen LogP contribution in [0.2, 0.25) is 0 Å². The third-order valence-electron chi connectivity index (χ3n) is 2.29. The summed E-state index contributed by atoms with van der Waals surface area (Å²) in [5.74, 6) is 0. The Bertz CT molecular complexity index is 347. The second kappa shape index (κ2) is 7.66. The van der Waals surface area contributed by atoms with Crippen molar-refractivity contribution >= 4 is 21.6 Å². The average molecular weight is 304 g/mol. The molecule has 1 unspecified atom stereocenters. The highest BCUT2D eigenvalue weighted by molar-refractivity contribution is 9.10. The molecule has 96 valence electrons. The number of aliphatic hydroxyl groups is 1. The summed E-state index contributed by atoms with van der Waals surface area (Å²) in [6, 6.07) is 5.86. The Kier molecular flexibility index (Phi) is 6.50. The van der Waals surface area contributed by atoms with Gasteiger partial charge in [-0.25, -0.2) is 0 Å². The summed E-state index contributed by atoms with van der Waals surface area (Å²) in [6.45, 7) is 1.28. The summed E-state index contributed by atoms with van der Waals surface area (Å²) in [7, 11) is 3.22. The molecule has 1 rings (SSSR count). The highest BCUT2D eigenvalue weighted by Crippen LogP contribution is 2.25. The van der Waals surface area contributed by atoms with E-state index in [1.165, 1.54) is 0 Å². The number of halogens is 1. The second-order valence-corrected chi connectivity index (χ2v) is 4.54. The van der Waals surface area contributed by atoms with Crippen molar-refractivity contribution < 1.29 is 14.6 Å². The normalized spacial score (nSPS) is 12.5. The second-order valence-electron chi connectivity index (χ2n) is 3.69. The zero-order valence-electron chi connectivity index (χ0n) is 10.1. The summed E-state index contributed by atoms with van der Waals surface area (Å²) >= 11 is 3.48. The first-order chi connectivity index (χ1) is 8.19. The van der Waals surface area contributed by atoms with Crippen LogP contribution in [0.4, 0.5) is 5.69 Å². The zero-order chi connectivity index (χ0) is 12.7. The van der Waals surface area contributed by atoms with Gasteiger partial charge in [0, 0.05) is 36.5 Å². The smallest absolute Gasteiger partial charge is 0.0945 e. The number of anilines is 1. The van der Waals surface area contributed by atoms with Crippen LogP contribution >= 0.6 is 15.9 Å². The van der Waals surface area contributed by atoms with Crippen LogP contribution in [0.1, 0.15) is 5.56 Å². The fourth-order valence-corrected chi connectivity index (χ4v) is 1.98. The van der Waals surface area contributed by atoms with Gasteiger partial charge in [-0.3, -0.25) is 0 Å². The number of benzene rings is 1. The molecule has 0 heterocycles. The first-order valence-electron chi connectivity index (χ1n) is 5.36. The summed E-state index contributed by atoms with van der Waals surface area (Å²) < 4.78 is 11.0. The lowest BCUT2D eigenvalue weighted by Gasteiger charge is -2.15. The van der Waals surface area contributed by atoms with Crippen molar-refractivity contribution in [2.24, 2.45) is 0 Å². The molecule has 0 amide bonds. The number of aliphatic hydroxyl groups excluding tert-OH is 1. The molecular weight excluding hydrogens is 286 g/mol. The maximum Gasteiger partial charge on any atom is 0.0945 e. The van der Waals surface area contributed by atoms with Gasteiger partial charge in [-0.2, -0.15) is 0 Å². The molecule has 1 aromatic carbocycles. The van der Waals surface area contributed by atoms with Crippen molar-refractivity contribution in [1.82, 2.24) is 0 Å². The van der Waals surface area contributed by atoms with Gasteiger partial charge in [-0.15, -0.1) is 0 Å². The monoisotopic (exact) mass is 303 g/mol. The Morgan fingerprint density at radius 2 is 2.12 bits per heavy atom. The van der Waals surface area contributed by atoms with Crippen molar-refractivity contribution in [3.8, 4) is 0 Å². The van der Waals surface area contributed by atoms with Gasteiger partial charge in [0.1, 0.15) is 0 Å². The van der Waals surface area contributed by atoms with Crippen LogP contribution in [0.25, 0.3) is 0 Å². The van der Waals surface area contributed by atoms with Crippen LogP contribution in [-0.2, 0) is 16.1 Å². The molecule has 17 heavy (non-hydrogen) atoms. The molecule has 0 aliphatic carbocycles. The Labute approximate surface area is 110 Å². The minimum absolute atomic E-state index is 0.320. The summed E-state index contributed by atoms with van der Waals surface area (Å²) in [6.07, 6.45) is -0.519. The molecule has 0 saturated carbocycles. The van der Waals surface area contributed by atoms with Crippen molar-refractivity contribution in [2.75, 3.05) is 32.7 Å². The van der Waals surface area contributed by atoms with E-state index in [0.29, 0.717) is 19.8 Å². The van der Waals surface area contributed by atoms with Crippen molar-refractivity contribution in [3.63, 3.8) is 0 Å². The predicted molar refractivity (Wildman–Crippen MR) is 71.2 cm³/mol. The lowest BCUT2D eigenvalue weighted by Crippen LogP contribution is -2.24. The molecule has 0 spiro atoms. The number of rotatable bonds is 7. The number of ether oxygens (including phenoxy) is 2. The third-order valence-corrected chi connectivity index (χ3v) is 3.04. The summed E-state index contributed by atoms with van der Waals surface area (Å²) in [4.78, 5) is 0. The van der Waals surface area contributed by atoms with Crippen molar-refractivity contribution in [3.05, 3.63) is 28.2 Å². The van der Waals surface area contributed by atoms with Gasteiger partial charge in [-0.05, 0) is 12.1 Å². The minimum atomic E-state index is -0.519. The lowest BCUT2D eigenvalue weighted by molar-refractivity contribution is 0.0727. The van der Waals surface area contributed by atoms with Gasteiger partial charge in [0.2, 0.25) is 0 Å². The Morgan fingerprint density at radius 1 is 1.35 bits per heavy atom. The van der Waals surface area contributed by atoms with Crippen molar-refractivity contribution in [1.29, 1.82) is 0 Å². The highest BCUT2D eigenvalue weighted by atomic mass is 79.9. The maximum atomic E-state index is 9.57. The first-order valence-corrected chi connectivity index (χ1v) is 6.15. The van der Waals surface area contributed by atoms with Gasteiger partial charge >= 0.3 is 0 Å². The number of nitrogens with one attached hydrogen (secondary N) is 1. The molecule has 2 N–H and O–H groups in total. The van der Waals surface area contributed by atoms with Crippen LogP contribution in [0, 0.1) is 0 Å². The van der Waals surface area contributed by atoms with Crippen LogP contribution < -0.4 is 5.32 Å². The van der Waals surface area contributed by atoms with E-state index in [1.54, 1.807) is 14.2 Å². The number of hydrogen-bond donors (Lipinski definition) is 2. The van der Waals surface area contributed by atoms with Crippen LogP contribution in [-0.4, -0.2) is 38.6 Å². The van der Waals surface area contributed by atoms with Gasteiger partial charge in [-0.1, -0.05) is 22.0 Å². The number of methoxy groups -OCH3 is 2. The van der Waals surface area contributed by atoms with E-state index in [1.807, 2.05) is 18.2 Å². The molecule has 0 aromatic heterocycles. The Hall–Kier alpha value is -0.620. The molecule has 0 aliphatic rings. The van der Waals surface area contributed by atoms with Gasteiger partial charge in [0.25, 0.3) is 0 Å². The number of hydrogen-bond acceptors (Lipinski definition) is 4. The van der Waals surface area contributed by atoms with Gasteiger partial charge in [0.15, 0.2) is 0 Å². The van der Waals surface area contributed by atoms with Gasteiger partial charge in [0.05, 0.1) is 19.3 Å². The Morgan fingerprint density at radius 3 is 2.76 bits per heavy atom. The van der Waals surface area contributed by atoms with E-state index in [4.69, 9.17) is 9.47 Å². The van der Waals surface area contributed by atoms with Crippen LogP contribution in [0.5, 0.6) is 0 Å². The predicted octanol–water partition coefficient (Wildman–Crippen LogP) is 2.01. The molecule has 0 aliphatic heterocycles. The minimum Gasteiger partial charge on any atom is -0.389 e. The fourth-order valence-electron chi connectivity index (χ4n) is 1.49. The summed E-state index contributed by atoms with van der Waals surface area (Å²) in [5.41, 5.74) is 2.00. The third kappa shape index (κ3) is 4.63. The van der Waals surface area contributed by atoms with E-state index < -0.39 is 6.10 Å². The zero-order valence-corrected chi connectivity index (χ0v) is 11.7. The van der Waals surface area contributed by atoms with Crippen LogP contribution in [0.15, 0.2) is 22.7 Å². The Balaban J connectivity index is 2.66. The highest BCUT2D eigenvalue weighted by Gasteiger charge is 2.08. The van der Waals surface area contributed by atoms with E-state index in [9.17, 15) is 5.11 Å². The molecular formula is C12H18BrNO3. The molecule has 1 atom stereocenters. The summed E-state index contributed by atoms with van der Waals surface area (Å²) in [5, 5.41) is 12.8. The quantitative estimate of drug-likeness (QED) is 0.809. The fraction of sp³-hybridized carbons (Fsp3) is 0.500. The topological polar surface area (TPSA) is 50.7 Å². The molecule has 5 heteroatoms. The lowest BCUT2D eigenvalue weighted by atomic mass is 10.2. The van der Waals surface area contributed by atoms with E-state index in [2.05, 4.69) is 21.2 Å². The van der Waals surface area contributed by atoms with E-state index in [0.717, 1.165) is 15.7 Å². The first kappa shape index (κ1) is 14.4. The molecule has 1 aromatic rings. The molecule has 0 saturated heterocycles. The SMILES string of the molecule is COCc1c(Br)cccc1NCC(O)COC. The molecule has 0 fully saturated rings. The molecule has 0 radical (unpaired) electrons. The van der Waals surface area contributed by atoms with E-state index in [-0.39, 0.29) is 0 Å².